The molecule has 106 valence electrons. The second kappa shape index (κ2) is 5.94. The van der Waals surface area contributed by atoms with Crippen molar-refractivity contribution in [2.24, 2.45) is 0 Å². The van der Waals surface area contributed by atoms with Crippen LogP contribution in [0.15, 0.2) is 53.4 Å². The van der Waals surface area contributed by atoms with Crippen molar-refractivity contribution < 1.29 is 22.4 Å². The van der Waals surface area contributed by atoms with E-state index in [0.717, 1.165) is 5.56 Å². The lowest BCUT2D eigenvalue weighted by Crippen LogP contribution is -2.02. The van der Waals surface area contributed by atoms with Gasteiger partial charge in [0.1, 0.15) is 23.0 Å². The Morgan fingerprint density at radius 2 is 1.80 bits per heavy atom. The summed E-state index contributed by atoms with van der Waals surface area (Å²) in [6.45, 7) is 0.356. The van der Waals surface area contributed by atoms with Gasteiger partial charge in [-0.05, 0) is 17.7 Å². The molecule has 0 atom stereocenters. The summed E-state index contributed by atoms with van der Waals surface area (Å²) in [6.07, 6.45) is 0. The summed E-state index contributed by atoms with van der Waals surface area (Å²) >= 11 is 0. The van der Waals surface area contributed by atoms with Gasteiger partial charge in [-0.25, -0.2) is 0 Å². The van der Waals surface area contributed by atoms with Crippen LogP contribution in [0.1, 0.15) is 5.56 Å². The van der Waals surface area contributed by atoms with Crippen molar-refractivity contribution in [3.63, 3.8) is 0 Å². The Labute approximate surface area is 117 Å². The fraction of sp³-hybridized carbons (Fsp3) is 0.143. The first kappa shape index (κ1) is 14.4. The molecule has 20 heavy (non-hydrogen) atoms. The van der Waals surface area contributed by atoms with Gasteiger partial charge in [-0.2, -0.15) is 8.42 Å². The minimum Gasteiger partial charge on any atom is -0.495 e. The summed E-state index contributed by atoms with van der Waals surface area (Å²) < 4.78 is 41.8. The predicted molar refractivity (Wildman–Crippen MR) is 73.6 cm³/mol. The lowest BCUT2D eigenvalue weighted by atomic mass is 10.2. The van der Waals surface area contributed by atoms with E-state index < -0.39 is 10.1 Å². The molecule has 0 bridgehead atoms. The monoisotopic (exact) mass is 294 g/mol. The van der Waals surface area contributed by atoms with Gasteiger partial charge in [-0.15, -0.1) is 0 Å². The second-order valence-corrected chi connectivity index (χ2v) is 5.45. The quantitative estimate of drug-likeness (QED) is 0.858. The van der Waals surface area contributed by atoms with Gasteiger partial charge in [0.25, 0.3) is 10.1 Å². The number of hydrogen-bond acceptors (Lipinski definition) is 4. The Morgan fingerprint density at radius 3 is 2.40 bits per heavy atom. The molecule has 5 nitrogen and oxygen atoms in total. The van der Waals surface area contributed by atoms with Gasteiger partial charge in [-0.3, -0.25) is 4.55 Å². The molecule has 0 aromatic heterocycles. The van der Waals surface area contributed by atoms with E-state index in [1.807, 2.05) is 30.3 Å². The van der Waals surface area contributed by atoms with Crippen LogP contribution in [0.4, 0.5) is 0 Å². The van der Waals surface area contributed by atoms with E-state index in [1.54, 1.807) is 0 Å². The summed E-state index contributed by atoms with van der Waals surface area (Å²) in [6, 6.07) is 13.7. The predicted octanol–water partition coefficient (Wildman–Crippen LogP) is 2.52. The zero-order valence-corrected chi connectivity index (χ0v) is 11.6. The molecule has 0 saturated carbocycles. The van der Waals surface area contributed by atoms with Gasteiger partial charge in [0.2, 0.25) is 0 Å². The van der Waals surface area contributed by atoms with Crippen molar-refractivity contribution >= 4 is 10.1 Å². The molecule has 1 N–H and O–H groups in total. The van der Waals surface area contributed by atoms with Crippen molar-refractivity contribution in [1.29, 1.82) is 0 Å². The Bertz CT molecular complexity index is 680. The maximum Gasteiger partial charge on any atom is 0.298 e. The minimum atomic E-state index is -4.31. The zero-order chi connectivity index (χ0) is 14.6. The summed E-state index contributed by atoms with van der Waals surface area (Å²) in [5, 5.41) is 0. The molecule has 2 aromatic rings. The van der Waals surface area contributed by atoms with Crippen LogP contribution in [0.25, 0.3) is 0 Å². The average molecular weight is 294 g/mol. The number of methoxy groups -OCH3 is 1. The highest BCUT2D eigenvalue weighted by Crippen LogP contribution is 2.28. The van der Waals surface area contributed by atoms with Crippen LogP contribution < -0.4 is 9.47 Å². The summed E-state index contributed by atoms with van der Waals surface area (Å²) in [5.41, 5.74) is 0.991. The van der Waals surface area contributed by atoms with E-state index in [9.17, 15) is 8.42 Å². The molecule has 0 fully saturated rings. The molecule has 0 unspecified atom stereocenters. The van der Waals surface area contributed by atoms with Crippen molar-refractivity contribution in [1.82, 2.24) is 0 Å². The minimum absolute atomic E-state index is 0.0399. The third-order valence-electron chi connectivity index (χ3n) is 2.66. The average Bonchev–Trinajstić information content (AvgIpc) is 2.45. The van der Waals surface area contributed by atoms with Crippen LogP contribution in [-0.4, -0.2) is 20.1 Å². The maximum absolute atomic E-state index is 11.1. The molecule has 2 rings (SSSR count). The molecule has 0 heterocycles. The standard InChI is InChI=1S/C14H14O5S/c1-18-13-9-12(7-8-14(13)20(15,16)17)19-10-11-5-3-2-4-6-11/h2-9H,10H2,1H3,(H,15,16,17). The molecule has 0 radical (unpaired) electrons. The van der Waals surface area contributed by atoms with Crippen LogP contribution in [0, 0.1) is 0 Å². The van der Waals surface area contributed by atoms with Crippen molar-refractivity contribution in [2.45, 2.75) is 11.5 Å². The highest BCUT2D eigenvalue weighted by molar-refractivity contribution is 7.86. The van der Waals surface area contributed by atoms with E-state index >= 15 is 0 Å². The molecule has 6 heteroatoms. The molecule has 0 saturated heterocycles. The van der Waals surface area contributed by atoms with Crippen LogP contribution in [0.5, 0.6) is 11.5 Å². The smallest absolute Gasteiger partial charge is 0.298 e. The molecule has 0 aliphatic carbocycles. The molecule has 0 aliphatic rings. The molecular weight excluding hydrogens is 280 g/mol. The summed E-state index contributed by atoms with van der Waals surface area (Å²) in [5.74, 6) is 0.496. The first-order chi connectivity index (χ1) is 9.50. The van der Waals surface area contributed by atoms with Gasteiger partial charge in [0.15, 0.2) is 0 Å². The molecule has 0 spiro atoms. The normalized spacial score (nSPS) is 11.1. The number of rotatable bonds is 5. The lowest BCUT2D eigenvalue weighted by Gasteiger charge is -2.10. The van der Waals surface area contributed by atoms with Gasteiger partial charge in [0, 0.05) is 6.07 Å². The van der Waals surface area contributed by atoms with Crippen molar-refractivity contribution in [3.8, 4) is 11.5 Å². The third-order valence-corrected chi connectivity index (χ3v) is 3.55. The van der Waals surface area contributed by atoms with Gasteiger partial charge in [0.05, 0.1) is 7.11 Å². The van der Waals surface area contributed by atoms with Crippen LogP contribution >= 0.6 is 0 Å². The van der Waals surface area contributed by atoms with Crippen LogP contribution in [0.2, 0.25) is 0 Å². The fourth-order valence-corrected chi connectivity index (χ4v) is 2.33. The molecule has 0 amide bonds. The Hall–Kier alpha value is -2.05. The van der Waals surface area contributed by atoms with Gasteiger partial charge in [-0.1, -0.05) is 30.3 Å². The Morgan fingerprint density at radius 1 is 1.10 bits per heavy atom. The maximum atomic E-state index is 11.1. The van der Waals surface area contributed by atoms with E-state index in [0.29, 0.717) is 12.4 Å². The van der Waals surface area contributed by atoms with E-state index in [2.05, 4.69) is 0 Å². The van der Waals surface area contributed by atoms with E-state index in [1.165, 1.54) is 25.3 Å². The molecule has 0 aliphatic heterocycles. The zero-order valence-electron chi connectivity index (χ0n) is 10.8. The summed E-state index contributed by atoms with van der Waals surface area (Å²) in [7, 11) is -2.99. The van der Waals surface area contributed by atoms with Crippen LogP contribution in [-0.2, 0) is 16.7 Å². The SMILES string of the molecule is COc1cc(OCc2ccccc2)ccc1S(=O)(=O)O. The third kappa shape index (κ3) is 3.49. The topological polar surface area (TPSA) is 72.8 Å². The number of benzene rings is 2. The Kier molecular flexibility index (Phi) is 4.26. The number of ether oxygens (including phenoxy) is 2. The second-order valence-electron chi connectivity index (χ2n) is 4.06. The van der Waals surface area contributed by atoms with E-state index in [-0.39, 0.29) is 10.6 Å². The Balaban J connectivity index is 2.18. The highest BCUT2D eigenvalue weighted by atomic mass is 32.2. The largest absolute Gasteiger partial charge is 0.495 e. The molecular formula is C14H14O5S. The van der Waals surface area contributed by atoms with Gasteiger partial charge < -0.3 is 9.47 Å². The summed E-state index contributed by atoms with van der Waals surface area (Å²) in [4.78, 5) is -0.285. The lowest BCUT2D eigenvalue weighted by molar-refractivity contribution is 0.302. The molecule has 2 aromatic carbocycles. The number of hydrogen-bond donors (Lipinski definition) is 1. The van der Waals surface area contributed by atoms with E-state index in [4.69, 9.17) is 14.0 Å². The van der Waals surface area contributed by atoms with Crippen molar-refractivity contribution in [2.75, 3.05) is 7.11 Å². The van der Waals surface area contributed by atoms with Gasteiger partial charge >= 0.3 is 0 Å². The fourth-order valence-electron chi connectivity index (χ4n) is 1.69. The van der Waals surface area contributed by atoms with Crippen LogP contribution in [0.3, 0.4) is 0 Å². The highest BCUT2D eigenvalue weighted by Gasteiger charge is 2.16. The van der Waals surface area contributed by atoms with Crippen molar-refractivity contribution in [3.05, 3.63) is 54.1 Å². The first-order valence-electron chi connectivity index (χ1n) is 5.83. The first-order valence-corrected chi connectivity index (χ1v) is 7.27.